The molecule has 0 spiro atoms. The van der Waals surface area contributed by atoms with Crippen LogP contribution in [0.25, 0.3) is 0 Å². The van der Waals surface area contributed by atoms with Crippen LogP contribution in [0.5, 0.6) is 0 Å². The summed E-state index contributed by atoms with van der Waals surface area (Å²) in [5.74, 6) is -0.0476. The molecule has 0 aliphatic carbocycles. The monoisotopic (exact) mass is 366 g/mol. The second-order valence-corrected chi connectivity index (χ2v) is 7.64. The molecule has 0 bridgehead atoms. The van der Waals surface area contributed by atoms with Gasteiger partial charge in [0.2, 0.25) is 0 Å². The topological polar surface area (TPSA) is 100 Å². The lowest BCUT2D eigenvalue weighted by molar-refractivity contribution is 0.0740. The Morgan fingerprint density at radius 2 is 2.12 bits per heavy atom. The van der Waals surface area contributed by atoms with Crippen LogP contribution in [-0.4, -0.2) is 44.0 Å². The molecular weight excluding hydrogens is 348 g/mol. The summed E-state index contributed by atoms with van der Waals surface area (Å²) >= 11 is 2.53. The van der Waals surface area contributed by atoms with Gasteiger partial charge in [-0.3, -0.25) is 10.1 Å². The van der Waals surface area contributed by atoms with Crippen LogP contribution in [0.1, 0.15) is 39.8 Å². The largest absolute Gasteiger partial charge is 0.336 e. The molecule has 3 rings (SSSR count). The number of rotatable bonds is 3. The minimum absolute atomic E-state index is 0.0476. The zero-order valence-electron chi connectivity index (χ0n) is 13.6. The Morgan fingerprint density at radius 3 is 2.79 bits per heavy atom. The number of hydrogen-bond acceptors (Lipinski definition) is 7. The molecule has 24 heavy (non-hydrogen) atoms. The fourth-order valence-corrected chi connectivity index (χ4v) is 4.03. The number of aromatic nitrogens is 3. The van der Waals surface area contributed by atoms with Crippen LogP contribution in [0, 0.1) is 6.92 Å². The average molecular weight is 366 g/mol. The van der Waals surface area contributed by atoms with Gasteiger partial charge in [-0.2, -0.15) is 0 Å². The first-order valence-corrected chi connectivity index (χ1v) is 9.17. The molecule has 0 atom stereocenters. The number of thiazole rings is 1. The molecule has 3 heterocycles. The summed E-state index contributed by atoms with van der Waals surface area (Å²) in [6.07, 6.45) is 0.677. The number of carbonyl (C=O) groups excluding carboxylic acids is 2. The second kappa shape index (κ2) is 6.81. The maximum atomic E-state index is 12.6. The number of fused-ring (bicyclic) bond motifs is 1. The molecule has 0 radical (unpaired) electrons. The highest BCUT2D eigenvalue weighted by Crippen LogP contribution is 2.29. The van der Waals surface area contributed by atoms with E-state index < -0.39 is 0 Å². The van der Waals surface area contributed by atoms with E-state index in [2.05, 4.69) is 25.2 Å². The van der Waals surface area contributed by atoms with Crippen LogP contribution in [0.4, 0.5) is 9.93 Å². The van der Waals surface area contributed by atoms with E-state index in [1.807, 2.05) is 13.8 Å². The molecule has 0 unspecified atom stereocenters. The number of nitrogens with one attached hydrogen (secondary N) is 2. The van der Waals surface area contributed by atoms with E-state index in [0.717, 1.165) is 22.1 Å². The van der Waals surface area contributed by atoms with E-state index in [0.29, 0.717) is 35.2 Å². The molecule has 128 valence electrons. The molecule has 0 aromatic carbocycles. The zero-order chi connectivity index (χ0) is 17.3. The van der Waals surface area contributed by atoms with Gasteiger partial charge in [0.15, 0.2) is 5.13 Å². The summed E-state index contributed by atoms with van der Waals surface area (Å²) in [4.78, 5) is 32.1. The van der Waals surface area contributed by atoms with Crippen LogP contribution < -0.4 is 10.6 Å². The molecule has 0 saturated heterocycles. The molecule has 10 heteroatoms. The Kier molecular flexibility index (Phi) is 4.76. The van der Waals surface area contributed by atoms with Crippen molar-refractivity contribution in [2.75, 3.05) is 11.9 Å². The molecule has 8 nitrogen and oxygen atoms in total. The standard InChI is InChI=1S/C14H18N6O2S2/c1-7(2)15-13(22)17-14-16-9-4-5-20(6-10(9)23-14)12(21)11-8(3)18-19-24-11/h7H,4-6H2,1-3H3,(H2,15,16,17,22). The molecule has 1 aliphatic rings. The maximum Gasteiger partial charge on any atom is 0.321 e. The Balaban J connectivity index is 1.69. The Bertz CT molecular complexity index is 769. The highest BCUT2D eigenvalue weighted by atomic mass is 32.1. The highest BCUT2D eigenvalue weighted by Gasteiger charge is 2.27. The smallest absolute Gasteiger partial charge is 0.321 e. The predicted molar refractivity (Wildman–Crippen MR) is 92.5 cm³/mol. The lowest BCUT2D eigenvalue weighted by Gasteiger charge is -2.25. The SMILES string of the molecule is Cc1nnsc1C(=O)N1CCc2nc(NC(=O)NC(C)C)sc2C1. The van der Waals surface area contributed by atoms with Gasteiger partial charge in [0.1, 0.15) is 4.88 Å². The second-order valence-electron chi connectivity index (χ2n) is 5.81. The van der Waals surface area contributed by atoms with Gasteiger partial charge in [-0.1, -0.05) is 15.8 Å². The third kappa shape index (κ3) is 3.54. The van der Waals surface area contributed by atoms with E-state index in [9.17, 15) is 9.59 Å². The van der Waals surface area contributed by atoms with Gasteiger partial charge < -0.3 is 10.2 Å². The van der Waals surface area contributed by atoms with Crippen molar-refractivity contribution in [3.63, 3.8) is 0 Å². The van der Waals surface area contributed by atoms with Crippen molar-refractivity contribution in [3.8, 4) is 0 Å². The third-order valence-corrected chi connectivity index (χ3v) is 5.32. The molecule has 0 fully saturated rings. The fraction of sp³-hybridized carbons (Fsp3) is 0.500. The first-order chi connectivity index (χ1) is 11.4. The quantitative estimate of drug-likeness (QED) is 0.866. The van der Waals surface area contributed by atoms with E-state index >= 15 is 0 Å². The van der Waals surface area contributed by atoms with Crippen LogP contribution in [0.3, 0.4) is 0 Å². The lowest BCUT2D eigenvalue weighted by Crippen LogP contribution is -2.35. The Morgan fingerprint density at radius 1 is 1.33 bits per heavy atom. The van der Waals surface area contributed by atoms with Crippen molar-refractivity contribution in [2.24, 2.45) is 0 Å². The van der Waals surface area contributed by atoms with E-state index in [1.54, 1.807) is 11.8 Å². The van der Waals surface area contributed by atoms with E-state index in [1.165, 1.54) is 11.3 Å². The number of carbonyl (C=O) groups is 2. The van der Waals surface area contributed by atoms with Crippen molar-refractivity contribution >= 4 is 39.9 Å². The lowest BCUT2D eigenvalue weighted by atomic mass is 10.1. The first-order valence-electron chi connectivity index (χ1n) is 7.58. The molecule has 1 aliphatic heterocycles. The van der Waals surface area contributed by atoms with E-state index in [4.69, 9.17) is 0 Å². The molecule has 0 saturated carbocycles. The molecule has 2 N–H and O–H groups in total. The van der Waals surface area contributed by atoms with Gasteiger partial charge >= 0.3 is 6.03 Å². The predicted octanol–water partition coefficient (Wildman–Crippen LogP) is 2.03. The fourth-order valence-electron chi connectivity index (χ4n) is 2.39. The summed E-state index contributed by atoms with van der Waals surface area (Å²) in [6.45, 7) is 6.67. The van der Waals surface area contributed by atoms with Gasteiger partial charge in [0.25, 0.3) is 5.91 Å². The number of urea groups is 1. The Labute approximate surface area is 147 Å². The maximum absolute atomic E-state index is 12.6. The van der Waals surface area contributed by atoms with Crippen LogP contribution >= 0.6 is 22.9 Å². The summed E-state index contributed by atoms with van der Waals surface area (Å²) in [6, 6.07) is -0.209. The first kappa shape index (κ1) is 16.8. The minimum Gasteiger partial charge on any atom is -0.336 e. The molecule has 3 amide bonds. The van der Waals surface area contributed by atoms with Gasteiger partial charge in [-0.05, 0) is 32.3 Å². The third-order valence-electron chi connectivity index (χ3n) is 3.50. The number of nitrogens with zero attached hydrogens (tertiary/aromatic N) is 4. The summed E-state index contributed by atoms with van der Waals surface area (Å²) < 4.78 is 3.82. The van der Waals surface area contributed by atoms with Crippen LogP contribution in [-0.2, 0) is 13.0 Å². The van der Waals surface area contributed by atoms with E-state index in [-0.39, 0.29) is 18.0 Å². The van der Waals surface area contributed by atoms with Crippen molar-refractivity contribution < 1.29 is 9.59 Å². The minimum atomic E-state index is -0.268. The number of aryl methyl sites for hydroxylation is 1. The molecule has 2 aromatic heterocycles. The molecule has 2 aromatic rings. The number of amides is 3. The van der Waals surface area contributed by atoms with Gasteiger partial charge in [0.05, 0.1) is 17.9 Å². The van der Waals surface area contributed by atoms with Crippen molar-refractivity contribution in [1.82, 2.24) is 24.8 Å². The van der Waals surface area contributed by atoms with Crippen LogP contribution in [0.15, 0.2) is 0 Å². The van der Waals surface area contributed by atoms with Crippen LogP contribution in [0.2, 0.25) is 0 Å². The van der Waals surface area contributed by atoms with Crippen molar-refractivity contribution in [1.29, 1.82) is 0 Å². The van der Waals surface area contributed by atoms with Gasteiger partial charge in [0, 0.05) is 23.9 Å². The number of hydrogen-bond donors (Lipinski definition) is 2. The zero-order valence-corrected chi connectivity index (χ0v) is 15.3. The van der Waals surface area contributed by atoms with Gasteiger partial charge in [-0.15, -0.1) is 5.10 Å². The summed E-state index contributed by atoms with van der Waals surface area (Å²) in [7, 11) is 0. The summed E-state index contributed by atoms with van der Waals surface area (Å²) in [5, 5.41) is 9.96. The average Bonchev–Trinajstić information content (AvgIpc) is 3.10. The normalized spacial score (nSPS) is 13.8. The highest BCUT2D eigenvalue weighted by molar-refractivity contribution is 7.15. The number of anilines is 1. The Hall–Kier alpha value is -2.07. The summed E-state index contributed by atoms with van der Waals surface area (Å²) in [5.41, 5.74) is 1.61. The molecular formula is C14H18N6O2S2. The van der Waals surface area contributed by atoms with Gasteiger partial charge in [-0.25, -0.2) is 9.78 Å². The van der Waals surface area contributed by atoms with Crippen molar-refractivity contribution in [2.45, 2.75) is 39.8 Å². The van der Waals surface area contributed by atoms with Crippen molar-refractivity contribution in [3.05, 3.63) is 21.1 Å².